The summed E-state index contributed by atoms with van der Waals surface area (Å²) in [5.74, 6) is -1.28. The number of rotatable bonds is 1. The van der Waals surface area contributed by atoms with Crippen LogP contribution < -0.4 is 0 Å². The van der Waals surface area contributed by atoms with E-state index in [2.05, 4.69) is 15.0 Å². The van der Waals surface area contributed by atoms with Gasteiger partial charge in [0.1, 0.15) is 5.15 Å². The molecule has 0 amide bonds. The highest BCUT2D eigenvalue weighted by atomic mass is 35.5. The van der Waals surface area contributed by atoms with Gasteiger partial charge in [0.2, 0.25) is 5.82 Å². The number of halogens is 4. The Morgan fingerprint density at radius 2 is 1.62 bits per heavy atom. The topological polar surface area (TPSA) is 38.7 Å². The molecule has 21 heavy (non-hydrogen) atoms. The van der Waals surface area contributed by atoms with Crippen LogP contribution in [-0.2, 0) is 6.18 Å². The second-order valence-electron chi connectivity index (χ2n) is 4.29. The molecule has 106 valence electrons. The molecular weight excluding hydrogens is 303 g/mol. The third-order valence-electron chi connectivity index (χ3n) is 2.81. The molecule has 1 aromatic carbocycles. The first kappa shape index (κ1) is 13.8. The Bertz CT molecular complexity index is 818. The van der Waals surface area contributed by atoms with E-state index in [1.165, 1.54) is 6.07 Å². The molecule has 0 fully saturated rings. The summed E-state index contributed by atoms with van der Waals surface area (Å²) in [5, 5.41) is 0.611. The van der Waals surface area contributed by atoms with Gasteiger partial charge in [0.25, 0.3) is 0 Å². The lowest BCUT2D eigenvalue weighted by molar-refractivity contribution is -0.144. The number of fused-ring (bicyclic) bond motifs is 1. The van der Waals surface area contributed by atoms with Crippen LogP contribution in [0.2, 0.25) is 5.15 Å². The zero-order valence-corrected chi connectivity index (χ0v) is 11.2. The predicted octanol–water partition coefficient (Wildman–Crippen LogP) is 4.36. The molecule has 0 aliphatic heterocycles. The zero-order chi connectivity index (χ0) is 15.0. The van der Waals surface area contributed by atoms with E-state index in [1.807, 2.05) is 12.1 Å². The van der Waals surface area contributed by atoms with E-state index >= 15 is 0 Å². The fraction of sp³-hybridized carbons (Fsp3) is 0.0714. The maximum atomic E-state index is 12.7. The Labute approximate surface area is 122 Å². The van der Waals surface area contributed by atoms with Crippen LogP contribution in [0.1, 0.15) is 5.82 Å². The minimum atomic E-state index is -4.66. The first-order chi connectivity index (χ1) is 9.93. The predicted molar refractivity (Wildman–Crippen MR) is 72.8 cm³/mol. The van der Waals surface area contributed by atoms with Crippen LogP contribution in [0, 0.1) is 0 Å². The summed E-state index contributed by atoms with van der Waals surface area (Å²) >= 11 is 5.65. The maximum absolute atomic E-state index is 12.7. The fourth-order valence-corrected chi connectivity index (χ4v) is 2.07. The highest BCUT2D eigenvalue weighted by Crippen LogP contribution is 2.29. The van der Waals surface area contributed by atoms with Crippen LogP contribution >= 0.6 is 11.6 Å². The highest BCUT2D eigenvalue weighted by molar-refractivity contribution is 6.29. The van der Waals surface area contributed by atoms with Gasteiger partial charge >= 0.3 is 6.18 Å². The van der Waals surface area contributed by atoms with Gasteiger partial charge < -0.3 is 0 Å². The molecule has 3 rings (SSSR count). The van der Waals surface area contributed by atoms with Gasteiger partial charge in [0, 0.05) is 11.5 Å². The third kappa shape index (κ3) is 2.80. The molecule has 3 aromatic rings. The molecule has 0 aliphatic carbocycles. The monoisotopic (exact) mass is 309 g/mol. The molecule has 2 heterocycles. The maximum Gasteiger partial charge on any atom is 0.451 e. The molecule has 0 saturated heterocycles. The number of alkyl halides is 3. The molecule has 0 saturated carbocycles. The van der Waals surface area contributed by atoms with E-state index < -0.39 is 12.0 Å². The van der Waals surface area contributed by atoms with Crippen LogP contribution in [0.15, 0.2) is 42.5 Å². The Kier molecular flexibility index (Phi) is 3.25. The number of hydrogen-bond acceptors (Lipinski definition) is 3. The van der Waals surface area contributed by atoms with Crippen molar-refractivity contribution in [3.05, 3.63) is 53.4 Å². The Balaban J connectivity index is 2.16. The lowest BCUT2D eigenvalue weighted by Gasteiger charge is -2.08. The summed E-state index contributed by atoms with van der Waals surface area (Å²) in [5.41, 5.74) is 1.01. The summed E-state index contributed by atoms with van der Waals surface area (Å²) in [7, 11) is 0. The molecule has 0 radical (unpaired) electrons. The summed E-state index contributed by atoms with van der Waals surface area (Å²) in [6.07, 6.45) is -4.66. The van der Waals surface area contributed by atoms with E-state index in [9.17, 15) is 13.2 Å². The summed E-state index contributed by atoms with van der Waals surface area (Å²) < 4.78 is 38.1. The van der Waals surface area contributed by atoms with Gasteiger partial charge in [-0.1, -0.05) is 35.9 Å². The number of nitrogens with zero attached hydrogens (tertiary/aromatic N) is 3. The molecule has 7 heteroatoms. The lowest BCUT2D eigenvalue weighted by atomic mass is 10.2. The first-order valence-corrected chi connectivity index (χ1v) is 6.29. The Hall–Kier alpha value is -2.21. The molecule has 0 aliphatic rings. The van der Waals surface area contributed by atoms with Crippen molar-refractivity contribution < 1.29 is 13.2 Å². The zero-order valence-electron chi connectivity index (χ0n) is 10.4. The molecule has 3 nitrogen and oxygen atoms in total. The molecule has 0 bridgehead atoms. The van der Waals surface area contributed by atoms with Crippen molar-refractivity contribution in [1.82, 2.24) is 15.0 Å². The minimum Gasteiger partial charge on any atom is -0.246 e. The van der Waals surface area contributed by atoms with E-state index in [-0.39, 0.29) is 10.8 Å². The minimum absolute atomic E-state index is 0.0353. The smallest absolute Gasteiger partial charge is 0.246 e. The van der Waals surface area contributed by atoms with Crippen LogP contribution in [0.4, 0.5) is 13.2 Å². The Morgan fingerprint density at radius 3 is 2.38 bits per heavy atom. The second-order valence-corrected chi connectivity index (χ2v) is 4.67. The number of para-hydroxylation sites is 1. The van der Waals surface area contributed by atoms with Crippen molar-refractivity contribution in [2.45, 2.75) is 6.18 Å². The van der Waals surface area contributed by atoms with Crippen LogP contribution in [0.25, 0.3) is 22.3 Å². The van der Waals surface area contributed by atoms with Crippen molar-refractivity contribution in [3.8, 4) is 11.4 Å². The molecular formula is C14H7ClF3N3. The van der Waals surface area contributed by atoms with Gasteiger partial charge in [0.05, 0.1) is 16.9 Å². The Morgan fingerprint density at radius 1 is 0.857 bits per heavy atom. The van der Waals surface area contributed by atoms with Crippen molar-refractivity contribution >= 4 is 22.5 Å². The van der Waals surface area contributed by atoms with E-state index in [4.69, 9.17) is 11.6 Å². The van der Waals surface area contributed by atoms with E-state index in [0.717, 1.165) is 5.39 Å². The normalized spacial score (nSPS) is 11.8. The quantitative estimate of drug-likeness (QED) is 0.627. The highest BCUT2D eigenvalue weighted by Gasteiger charge is 2.35. The van der Waals surface area contributed by atoms with Crippen LogP contribution in [-0.4, -0.2) is 15.0 Å². The largest absolute Gasteiger partial charge is 0.451 e. The third-order valence-corrected chi connectivity index (χ3v) is 3.00. The molecule has 0 unspecified atom stereocenters. The van der Waals surface area contributed by atoms with Crippen LogP contribution in [0.5, 0.6) is 0 Å². The van der Waals surface area contributed by atoms with Crippen molar-refractivity contribution in [3.63, 3.8) is 0 Å². The van der Waals surface area contributed by atoms with Gasteiger partial charge in [-0.3, -0.25) is 0 Å². The number of hydrogen-bond donors (Lipinski definition) is 0. The summed E-state index contributed by atoms with van der Waals surface area (Å²) in [6.45, 7) is 0. The van der Waals surface area contributed by atoms with E-state index in [0.29, 0.717) is 11.2 Å². The summed E-state index contributed by atoms with van der Waals surface area (Å²) in [4.78, 5) is 11.0. The van der Waals surface area contributed by atoms with E-state index in [1.54, 1.807) is 24.3 Å². The molecule has 0 spiro atoms. The van der Waals surface area contributed by atoms with Crippen molar-refractivity contribution in [1.29, 1.82) is 0 Å². The molecule has 0 atom stereocenters. The van der Waals surface area contributed by atoms with Gasteiger partial charge in [0.15, 0.2) is 0 Å². The fourth-order valence-electron chi connectivity index (χ4n) is 1.88. The van der Waals surface area contributed by atoms with Gasteiger partial charge in [-0.2, -0.15) is 13.2 Å². The SMILES string of the molecule is FC(F)(F)c1nc(Cl)cc(-c2ccc3ccccc3n2)n1. The number of pyridine rings is 1. The summed E-state index contributed by atoms with van der Waals surface area (Å²) in [6, 6.07) is 11.9. The van der Waals surface area contributed by atoms with Crippen molar-refractivity contribution in [2.24, 2.45) is 0 Å². The van der Waals surface area contributed by atoms with Gasteiger partial charge in [-0.25, -0.2) is 15.0 Å². The average molecular weight is 310 g/mol. The number of aromatic nitrogens is 3. The van der Waals surface area contributed by atoms with Gasteiger partial charge in [-0.05, 0) is 12.1 Å². The van der Waals surface area contributed by atoms with Crippen molar-refractivity contribution in [2.75, 3.05) is 0 Å². The number of benzene rings is 1. The average Bonchev–Trinajstić information content (AvgIpc) is 2.45. The van der Waals surface area contributed by atoms with Crippen LogP contribution in [0.3, 0.4) is 0 Å². The molecule has 0 N–H and O–H groups in total. The first-order valence-electron chi connectivity index (χ1n) is 5.91. The standard InChI is InChI=1S/C14H7ClF3N3/c15-12-7-11(20-13(21-12)14(16,17)18)10-6-5-8-3-1-2-4-9(8)19-10/h1-7H. The second kappa shape index (κ2) is 4.96. The lowest BCUT2D eigenvalue weighted by Crippen LogP contribution is -2.11. The van der Waals surface area contributed by atoms with Gasteiger partial charge in [-0.15, -0.1) is 0 Å². The molecule has 2 aromatic heterocycles.